The van der Waals surface area contributed by atoms with Gasteiger partial charge in [-0.05, 0) is 98.0 Å². The number of pyridine rings is 1. The van der Waals surface area contributed by atoms with Gasteiger partial charge in [-0.3, -0.25) is 29.6 Å². The highest BCUT2D eigenvalue weighted by atomic mass is 19.1. The zero-order valence-corrected chi connectivity index (χ0v) is 36.3. The molecule has 6 aliphatic rings. The van der Waals surface area contributed by atoms with Crippen molar-refractivity contribution in [3.63, 3.8) is 0 Å². The maximum Gasteiger partial charge on any atom is 0.328 e. The number of hydrogen-bond donors (Lipinski definition) is 2. The molecule has 2 aromatic carbocycles. The number of benzene rings is 2. The van der Waals surface area contributed by atoms with Crippen LogP contribution >= 0.6 is 0 Å². The van der Waals surface area contributed by atoms with E-state index >= 15 is 4.39 Å². The van der Waals surface area contributed by atoms with E-state index in [1.807, 2.05) is 41.4 Å². The first-order valence-electron chi connectivity index (χ1n) is 22.9. The van der Waals surface area contributed by atoms with Gasteiger partial charge in [-0.15, -0.1) is 0 Å². The minimum absolute atomic E-state index is 0.104. The Bertz CT molecular complexity index is 2610. The summed E-state index contributed by atoms with van der Waals surface area (Å²) in [4.78, 5) is 67.4. The first-order valence-corrected chi connectivity index (χ1v) is 22.9. The molecule has 5 aromatic rings. The highest BCUT2D eigenvalue weighted by molar-refractivity contribution is 6.05. The van der Waals surface area contributed by atoms with Crippen LogP contribution in [0, 0.1) is 24.6 Å². The third-order valence-corrected chi connectivity index (χ3v) is 14.3. The summed E-state index contributed by atoms with van der Waals surface area (Å²) in [6, 6.07) is 15.7. The summed E-state index contributed by atoms with van der Waals surface area (Å²) in [5.74, 6) is 2.52. The largest absolute Gasteiger partial charge is 0.487 e. The molecule has 16 heteroatoms. The van der Waals surface area contributed by atoms with Gasteiger partial charge >= 0.3 is 6.03 Å². The molecule has 0 spiro atoms. The number of hydrogen-bond acceptors (Lipinski definition) is 11. The van der Waals surface area contributed by atoms with Crippen LogP contribution in [0.3, 0.4) is 0 Å². The fourth-order valence-electron chi connectivity index (χ4n) is 10.3. The molecule has 15 nitrogen and oxygen atoms in total. The number of halogens is 1. The second-order valence-electron chi connectivity index (χ2n) is 18.5. The SMILES string of the molecule is Cc1c(CN2CCN(CC3CC3)CC2=O)ccc(-c2ncnc3[nH]c(-c4cnc5c(c4)OC[C@H]4CN(CC6CCN(c7ccc(N8CCC(=O)NC8=O)cc7)CC6)CCN54)cc23)c1F. The Labute approximate surface area is 371 Å². The van der Waals surface area contributed by atoms with Gasteiger partial charge in [-0.2, -0.15) is 0 Å². The van der Waals surface area contributed by atoms with E-state index in [-0.39, 0.29) is 29.7 Å². The lowest BCUT2D eigenvalue weighted by Crippen LogP contribution is -2.58. The lowest BCUT2D eigenvalue weighted by Gasteiger charge is -2.46. The van der Waals surface area contributed by atoms with Gasteiger partial charge < -0.3 is 24.4 Å². The van der Waals surface area contributed by atoms with Gasteiger partial charge in [-0.25, -0.2) is 24.1 Å². The van der Waals surface area contributed by atoms with Crippen LogP contribution in [0.5, 0.6) is 5.75 Å². The van der Waals surface area contributed by atoms with Crippen LogP contribution in [-0.2, 0) is 16.1 Å². The van der Waals surface area contributed by atoms with Gasteiger partial charge in [-0.1, -0.05) is 6.07 Å². The highest BCUT2D eigenvalue weighted by Crippen LogP contribution is 2.39. The van der Waals surface area contributed by atoms with E-state index in [4.69, 9.17) is 9.72 Å². The van der Waals surface area contributed by atoms with Gasteiger partial charge in [0.1, 0.15) is 24.4 Å². The predicted octanol–water partition coefficient (Wildman–Crippen LogP) is 5.43. The van der Waals surface area contributed by atoms with Crippen molar-refractivity contribution in [2.45, 2.75) is 51.6 Å². The Kier molecular flexibility index (Phi) is 10.6. The zero-order valence-electron chi connectivity index (χ0n) is 36.3. The molecule has 1 aliphatic carbocycles. The van der Waals surface area contributed by atoms with E-state index in [1.54, 1.807) is 17.9 Å². The van der Waals surface area contributed by atoms with Gasteiger partial charge in [0.15, 0.2) is 11.6 Å². The fraction of sp³-hybridized carbons (Fsp3) is 0.458. The molecule has 5 fully saturated rings. The maximum absolute atomic E-state index is 16.2. The second-order valence-corrected chi connectivity index (χ2v) is 18.5. The number of carbonyl (C=O) groups is 3. The van der Waals surface area contributed by atoms with Gasteiger partial charge in [0.25, 0.3) is 0 Å². The molecule has 0 bridgehead atoms. The van der Waals surface area contributed by atoms with Crippen molar-refractivity contribution >= 4 is 46.1 Å². The summed E-state index contributed by atoms with van der Waals surface area (Å²) in [5, 5.41) is 3.11. The van der Waals surface area contributed by atoms with Gasteiger partial charge in [0.2, 0.25) is 11.8 Å². The smallest absolute Gasteiger partial charge is 0.328 e. The van der Waals surface area contributed by atoms with E-state index < -0.39 is 0 Å². The van der Waals surface area contributed by atoms with Gasteiger partial charge in [0, 0.05) is 118 Å². The summed E-state index contributed by atoms with van der Waals surface area (Å²) in [5.41, 5.74) is 6.45. The van der Waals surface area contributed by atoms with Crippen LogP contribution < -0.4 is 24.8 Å². The summed E-state index contributed by atoms with van der Waals surface area (Å²) in [6.45, 7) is 11.9. The number of aromatic amines is 1. The fourth-order valence-corrected chi connectivity index (χ4v) is 10.3. The van der Waals surface area contributed by atoms with Crippen LogP contribution in [0.15, 0.2) is 61.1 Å². The molecule has 64 heavy (non-hydrogen) atoms. The molecule has 0 radical (unpaired) electrons. The number of piperidine rings is 1. The summed E-state index contributed by atoms with van der Waals surface area (Å²) in [6.07, 6.45) is 8.42. The second kappa shape index (κ2) is 16.8. The quantitative estimate of drug-likeness (QED) is 0.185. The molecule has 1 atom stereocenters. The van der Waals surface area contributed by atoms with E-state index in [9.17, 15) is 14.4 Å². The minimum Gasteiger partial charge on any atom is -0.487 e. The number of piperazine rings is 2. The van der Waals surface area contributed by atoms with E-state index in [0.717, 1.165) is 111 Å². The molecule has 1 saturated carbocycles. The minimum atomic E-state index is -0.360. The lowest BCUT2D eigenvalue weighted by molar-refractivity contribution is -0.136. The number of nitrogens with zero attached hydrogens (tertiary/aromatic N) is 9. The zero-order chi connectivity index (χ0) is 43.5. The molecule has 2 N–H and O–H groups in total. The van der Waals surface area contributed by atoms with E-state index in [1.165, 1.54) is 19.2 Å². The standard InChI is InChI=1S/C48H54FN11O4/c1-30-33(25-58-18-16-56(27-43(58)62)23-31-2-3-31)4-9-38(44(30)49)45-39-21-40(53-46(39)52-29-51-45)34-20-41-47(50-22-34)59-19-17-55(26-37(59)28-64-41)24-32-10-13-57(14-11-32)35-5-7-36(8-6-35)60-15-12-42(61)54-48(60)63/h4-9,20-22,29,31-32,37H,2-3,10-19,23-28H2,1H3,(H,51,52,53)(H,54,61,63)/t37-/m1/s1. The average Bonchev–Trinajstić information content (AvgIpc) is 4.02. The molecule has 0 unspecified atom stereocenters. The van der Waals surface area contributed by atoms with Crippen LogP contribution in [0.25, 0.3) is 33.5 Å². The first-order chi connectivity index (χ1) is 31.2. The number of amides is 4. The molecule has 3 aromatic heterocycles. The Morgan fingerprint density at radius 2 is 1.61 bits per heavy atom. The van der Waals surface area contributed by atoms with Crippen molar-refractivity contribution in [2.75, 3.05) is 93.3 Å². The molecular formula is C48H54FN11O4. The van der Waals surface area contributed by atoms with Crippen molar-refractivity contribution in [1.29, 1.82) is 0 Å². The normalized spacial score (nSPS) is 21.3. The van der Waals surface area contributed by atoms with Crippen molar-refractivity contribution in [3.05, 3.63) is 78.0 Å². The number of fused-ring (bicyclic) bond motifs is 4. The van der Waals surface area contributed by atoms with Crippen LogP contribution in [-0.4, -0.2) is 137 Å². The number of urea groups is 1. The number of carbonyl (C=O) groups excluding carboxylic acids is 3. The molecule has 11 rings (SSSR count). The van der Waals surface area contributed by atoms with E-state index in [2.05, 4.69) is 52.0 Å². The number of nitrogens with one attached hydrogen (secondary N) is 2. The number of aromatic nitrogens is 4. The van der Waals surface area contributed by atoms with Crippen molar-refractivity contribution < 1.29 is 23.5 Å². The van der Waals surface area contributed by atoms with Crippen LogP contribution in [0.4, 0.5) is 26.4 Å². The number of rotatable bonds is 10. The molecule has 5 aliphatic heterocycles. The summed E-state index contributed by atoms with van der Waals surface area (Å²) in [7, 11) is 0. The highest BCUT2D eigenvalue weighted by Gasteiger charge is 2.36. The monoisotopic (exact) mass is 867 g/mol. The summed E-state index contributed by atoms with van der Waals surface area (Å²) < 4.78 is 22.7. The van der Waals surface area contributed by atoms with Crippen LogP contribution in [0.2, 0.25) is 0 Å². The first kappa shape index (κ1) is 40.6. The Morgan fingerprint density at radius 3 is 2.41 bits per heavy atom. The lowest BCUT2D eigenvalue weighted by atomic mass is 9.95. The van der Waals surface area contributed by atoms with Gasteiger partial charge in [0.05, 0.1) is 18.3 Å². The average molecular weight is 868 g/mol. The Morgan fingerprint density at radius 1 is 0.828 bits per heavy atom. The third-order valence-electron chi connectivity index (χ3n) is 14.3. The maximum atomic E-state index is 16.2. The number of imide groups is 1. The number of H-pyrrole nitrogens is 1. The summed E-state index contributed by atoms with van der Waals surface area (Å²) >= 11 is 0. The van der Waals surface area contributed by atoms with Crippen molar-refractivity contribution in [3.8, 4) is 28.3 Å². The molecule has 4 saturated heterocycles. The molecule has 4 amide bonds. The molecule has 8 heterocycles. The number of ether oxygens (including phenoxy) is 1. The predicted molar refractivity (Wildman–Crippen MR) is 242 cm³/mol. The van der Waals surface area contributed by atoms with Crippen molar-refractivity contribution in [1.82, 2.24) is 40.0 Å². The third kappa shape index (κ3) is 8.01. The molecular weight excluding hydrogens is 814 g/mol. The van der Waals surface area contributed by atoms with E-state index in [0.29, 0.717) is 73.0 Å². The topological polar surface area (TPSA) is 146 Å². The van der Waals surface area contributed by atoms with Crippen LogP contribution in [0.1, 0.15) is 43.2 Å². The van der Waals surface area contributed by atoms with Crippen molar-refractivity contribution in [2.24, 2.45) is 11.8 Å². The Hall–Kier alpha value is -6.13. The Balaban J connectivity index is 0.707. The number of anilines is 3. The molecule has 332 valence electrons.